The number of carbonyl (C=O) groups excluding carboxylic acids is 2. The van der Waals surface area contributed by atoms with Gasteiger partial charge in [-0.15, -0.1) is 0 Å². The molecule has 1 N–H and O–H groups in total. The van der Waals surface area contributed by atoms with Crippen LogP contribution in [0.1, 0.15) is 29.3 Å². The number of methoxy groups -OCH3 is 1. The maximum Gasteiger partial charge on any atom is 0.258 e. The van der Waals surface area contributed by atoms with Gasteiger partial charge in [0.2, 0.25) is 5.91 Å². The highest BCUT2D eigenvalue weighted by molar-refractivity contribution is 6.07. The molecule has 1 aliphatic rings. The molecule has 1 aliphatic heterocycles. The summed E-state index contributed by atoms with van der Waals surface area (Å²) >= 11 is 0. The average molecular weight is 324 g/mol. The van der Waals surface area contributed by atoms with Crippen LogP contribution >= 0.6 is 0 Å². The van der Waals surface area contributed by atoms with E-state index in [4.69, 9.17) is 4.74 Å². The summed E-state index contributed by atoms with van der Waals surface area (Å²) in [5, 5.41) is 2.85. The lowest BCUT2D eigenvalue weighted by atomic mass is 9.98. The van der Waals surface area contributed by atoms with Crippen LogP contribution in [0.15, 0.2) is 42.5 Å². The third kappa shape index (κ3) is 3.11. The minimum absolute atomic E-state index is 0.0603. The lowest BCUT2D eigenvalue weighted by Crippen LogP contribution is -2.35. The van der Waals surface area contributed by atoms with Crippen molar-refractivity contribution in [1.29, 1.82) is 0 Å². The van der Waals surface area contributed by atoms with Gasteiger partial charge in [0.05, 0.1) is 7.11 Å². The Morgan fingerprint density at radius 3 is 2.71 bits per heavy atom. The van der Waals surface area contributed by atoms with Gasteiger partial charge in [-0.1, -0.05) is 12.1 Å². The first-order chi connectivity index (χ1) is 11.6. The molecule has 2 amide bonds. The van der Waals surface area contributed by atoms with Crippen LogP contribution in [-0.2, 0) is 11.2 Å². The van der Waals surface area contributed by atoms with E-state index in [0.717, 1.165) is 29.8 Å². The summed E-state index contributed by atoms with van der Waals surface area (Å²) in [5.74, 6) is 0.486. The van der Waals surface area contributed by atoms with Crippen LogP contribution in [0.4, 0.5) is 11.4 Å². The molecule has 5 heteroatoms. The van der Waals surface area contributed by atoms with Crippen LogP contribution in [-0.4, -0.2) is 25.5 Å². The zero-order valence-corrected chi connectivity index (χ0v) is 13.8. The van der Waals surface area contributed by atoms with E-state index < -0.39 is 0 Å². The Hall–Kier alpha value is -2.82. The molecule has 0 saturated carbocycles. The Labute approximate surface area is 141 Å². The molecule has 0 saturated heterocycles. The van der Waals surface area contributed by atoms with E-state index in [-0.39, 0.29) is 11.8 Å². The van der Waals surface area contributed by atoms with E-state index in [1.54, 1.807) is 24.1 Å². The highest BCUT2D eigenvalue weighted by Crippen LogP contribution is 2.34. The summed E-state index contributed by atoms with van der Waals surface area (Å²) in [6.07, 6.45) is 1.70. The van der Waals surface area contributed by atoms with Crippen molar-refractivity contribution < 1.29 is 14.3 Å². The Kier molecular flexibility index (Phi) is 4.51. The second-order valence-electron chi connectivity index (χ2n) is 5.78. The van der Waals surface area contributed by atoms with Crippen molar-refractivity contribution in [1.82, 2.24) is 0 Å². The topological polar surface area (TPSA) is 58.6 Å². The van der Waals surface area contributed by atoms with E-state index in [1.807, 2.05) is 30.3 Å². The van der Waals surface area contributed by atoms with Gasteiger partial charge < -0.3 is 15.0 Å². The Balaban J connectivity index is 1.97. The van der Waals surface area contributed by atoms with Gasteiger partial charge in [-0.25, -0.2) is 0 Å². The summed E-state index contributed by atoms with van der Waals surface area (Å²) in [5.41, 5.74) is 3.24. The molecule has 0 bridgehead atoms. The van der Waals surface area contributed by atoms with Gasteiger partial charge in [0.15, 0.2) is 0 Å². The Morgan fingerprint density at radius 1 is 1.17 bits per heavy atom. The quantitative estimate of drug-likeness (QED) is 0.943. The number of anilines is 2. The minimum Gasteiger partial charge on any atom is -0.497 e. The number of ether oxygens (including phenoxy) is 1. The van der Waals surface area contributed by atoms with Gasteiger partial charge in [-0.2, -0.15) is 0 Å². The predicted molar refractivity (Wildman–Crippen MR) is 93.7 cm³/mol. The standard InChI is InChI=1S/C19H20N2O3/c1-13(22)20-17-9-4-10-18-16(17)8-5-11-21(18)19(23)14-6-3-7-15(12-14)24-2/h3-4,6-7,9-10,12H,5,8,11H2,1-2H3,(H,20,22). The van der Waals surface area contributed by atoms with Gasteiger partial charge in [-0.3, -0.25) is 9.59 Å². The first kappa shape index (κ1) is 16.1. The fraction of sp³-hybridized carbons (Fsp3) is 0.263. The molecule has 2 aromatic rings. The number of fused-ring (bicyclic) bond motifs is 1. The predicted octanol–water partition coefficient (Wildman–Crippen LogP) is 3.25. The summed E-state index contributed by atoms with van der Waals surface area (Å²) in [6, 6.07) is 12.8. The second kappa shape index (κ2) is 6.74. The van der Waals surface area contributed by atoms with E-state index in [1.165, 1.54) is 6.92 Å². The van der Waals surface area contributed by atoms with Crippen LogP contribution in [0.25, 0.3) is 0 Å². The van der Waals surface area contributed by atoms with Gasteiger partial charge in [0, 0.05) is 30.4 Å². The van der Waals surface area contributed by atoms with Crippen molar-refractivity contribution in [3.63, 3.8) is 0 Å². The second-order valence-corrected chi connectivity index (χ2v) is 5.78. The molecule has 0 unspecified atom stereocenters. The molecule has 124 valence electrons. The molecule has 2 aromatic carbocycles. The normalized spacial score (nSPS) is 13.2. The van der Waals surface area contributed by atoms with Gasteiger partial charge >= 0.3 is 0 Å². The third-order valence-electron chi connectivity index (χ3n) is 4.12. The average Bonchev–Trinajstić information content (AvgIpc) is 2.60. The molecule has 0 aromatic heterocycles. The zero-order chi connectivity index (χ0) is 17.1. The van der Waals surface area contributed by atoms with Gasteiger partial charge in [0.1, 0.15) is 5.75 Å². The highest BCUT2D eigenvalue weighted by atomic mass is 16.5. The summed E-state index contributed by atoms with van der Waals surface area (Å²) in [7, 11) is 1.58. The lowest BCUT2D eigenvalue weighted by Gasteiger charge is -2.31. The molecule has 0 aliphatic carbocycles. The van der Waals surface area contributed by atoms with Crippen LogP contribution in [0.2, 0.25) is 0 Å². The Bertz CT molecular complexity index is 786. The number of benzene rings is 2. The van der Waals surface area contributed by atoms with Crippen molar-refractivity contribution >= 4 is 23.2 Å². The van der Waals surface area contributed by atoms with Crippen LogP contribution in [0, 0.1) is 0 Å². The number of nitrogens with zero attached hydrogens (tertiary/aromatic N) is 1. The van der Waals surface area contributed by atoms with E-state index in [0.29, 0.717) is 17.9 Å². The zero-order valence-electron chi connectivity index (χ0n) is 13.8. The third-order valence-corrected chi connectivity index (χ3v) is 4.12. The van der Waals surface area contributed by atoms with Crippen molar-refractivity contribution in [2.75, 3.05) is 23.9 Å². The van der Waals surface area contributed by atoms with Gasteiger partial charge in [-0.05, 0) is 48.7 Å². The fourth-order valence-corrected chi connectivity index (χ4v) is 3.05. The van der Waals surface area contributed by atoms with Gasteiger partial charge in [0.25, 0.3) is 5.91 Å². The molecular formula is C19H20N2O3. The van der Waals surface area contributed by atoms with E-state index in [9.17, 15) is 9.59 Å². The molecule has 0 spiro atoms. The molecule has 5 nitrogen and oxygen atoms in total. The molecule has 3 rings (SSSR count). The lowest BCUT2D eigenvalue weighted by molar-refractivity contribution is -0.114. The first-order valence-electron chi connectivity index (χ1n) is 7.95. The summed E-state index contributed by atoms with van der Waals surface area (Å²) in [4.78, 5) is 26.1. The van der Waals surface area contributed by atoms with Crippen LogP contribution in [0.3, 0.4) is 0 Å². The Morgan fingerprint density at radius 2 is 1.96 bits per heavy atom. The maximum atomic E-state index is 12.9. The number of carbonyl (C=O) groups is 2. The number of rotatable bonds is 3. The molecule has 0 atom stereocenters. The van der Waals surface area contributed by atoms with Crippen molar-refractivity contribution in [3.05, 3.63) is 53.6 Å². The van der Waals surface area contributed by atoms with Crippen molar-refractivity contribution in [2.45, 2.75) is 19.8 Å². The molecule has 0 radical (unpaired) electrons. The number of hydrogen-bond acceptors (Lipinski definition) is 3. The van der Waals surface area contributed by atoms with Crippen molar-refractivity contribution in [2.24, 2.45) is 0 Å². The monoisotopic (exact) mass is 324 g/mol. The largest absolute Gasteiger partial charge is 0.497 e. The molecule has 1 heterocycles. The highest BCUT2D eigenvalue weighted by Gasteiger charge is 2.25. The maximum absolute atomic E-state index is 12.9. The SMILES string of the molecule is COc1cccc(C(=O)N2CCCc3c(NC(C)=O)cccc32)c1. The number of amides is 2. The summed E-state index contributed by atoms with van der Waals surface area (Å²) < 4.78 is 5.21. The smallest absolute Gasteiger partial charge is 0.258 e. The molecule has 24 heavy (non-hydrogen) atoms. The van der Waals surface area contributed by atoms with E-state index >= 15 is 0 Å². The number of hydrogen-bond donors (Lipinski definition) is 1. The fourth-order valence-electron chi connectivity index (χ4n) is 3.05. The van der Waals surface area contributed by atoms with E-state index in [2.05, 4.69) is 5.32 Å². The number of nitrogens with one attached hydrogen (secondary N) is 1. The van der Waals surface area contributed by atoms with Crippen LogP contribution < -0.4 is 15.0 Å². The van der Waals surface area contributed by atoms with Crippen LogP contribution in [0.5, 0.6) is 5.75 Å². The summed E-state index contributed by atoms with van der Waals surface area (Å²) in [6.45, 7) is 2.15. The minimum atomic E-state index is -0.111. The first-order valence-corrected chi connectivity index (χ1v) is 7.95. The molecular weight excluding hydrogens is 304 g/mol. The van der Waals surface area contributed by atoms with Crippen molar-refractivity contribution in [3.8, 4) is 5.75 Å². The molecule has 0 fully saturated rings.